The Bertz CT molecular complexity index is 956. The Labute approximate surface area is 148 Å². The Morgan fingerprint density at radius 3 is 1.92 bits per heavy atom. The van der Waals surface area contributed by atoms with E-state index >= 15 is 0 Å². The van der Waals surface area contributed by atoms with E-state index in [1.54, 1.807) is 6.07 Å². The van der Waals surface area contributed by atoms with Gasteiger partial charge in [-0.15, -0.1) is 0 Å². The highest BCUT2D eigenvalue weighted by Gasteiger charge is 2.17. The Hall–Kier alpha value is -3.08. The van der Waals surface area contributed by atoms with Crippen LogP contribution in [0.5, 0.6) is 5.75 Å². The molecule has 0 bridgehead atoms. The summed E-state index contributed by atoms with van der Waals surface area (Å²) in [6.45, 7) is 3.21. The minimum Gasteiger partial charge on any atom is -0.423 e. The summed E-state index contributed by atoms with van der Waals surface area (Å²) in [5, 5.41) is 0. The first kappa shape index (κ1) is 17.7. The first-order valence-electron chi connectivity index (χ1n) is 7.89. The van der Waals surface area contributed by atoms with E-state index in [0.717, 1.165) is 23.3 Å². The predicted octanol–water partition coefficient (Wildman–Crippen LogP) is 5.61. The maximum absolute atomic E-state index is 14.3. The molecule has 0 saturated carbocycles. The van der Waals surface area contributed by atoms with Crippen LogP contribution in [0.2, 0.25) is 0 Å². The second kappa shape index (κ2) is 7.04. The van der Waals surface area contributed by atoms with Gasteiger partial charge in [0.2, 0.25) is 0 Å². The summed E-state index contributed by atoms with van der Waals surface area (Å²) in [7, 11) is 0. The van der Waals surface area contributed by atoms with Crippen molar-refractivity contribution in [3.8, 4) is 16.9 Å². The summed E-state index contributed by atoms with van der Waals surface area (Å²) in [5.74, 6) is -3.81. The zero-order chi connectivity index (χ0) is 18.8. The quantitative estimate of drug-likeness (QED) is 0.451. The number of carbonyl (C=O) groups excluding carboxylic acids is 1. The lowest BCUT2D eigenvalue weighted by Gasteiger charge is -2.09. The minimum absolute atomic E-state index is 0.182. The van der Waals surface area contributed by atoms with Crippen molar-refractivity contribution in [3.05, 3.63) is 88.7 Å². The fourth-order valence-electron chi connectivity index (χ4n) is 2.45. The lowest BCUT2D eigenvalue weighted by atomic mass is 10.0. The summed E-state index contributed by atoms with van der Waals surface area (Å²) in [6.07, 6.45) is 0. The van der Waals surface area contributed by atoms with Crippen LogP contribution >= 0.6 is 0 Å². The summed E-state index contributed by atoms with van der Waals surface area (Å²) in [5.41, 5.74) is 1.98. The molecule has 0 aromatic heterocycles. The molecule has 5 heteroatoms. The van der Waals surface area contributed by atoms with Crippen molar-refractivity contribution in [2.24, 2.45) is 0 Å². The summed E-state index contributed by atoms with van der Waals surface area (Å²) >= 11 is 0. The van der Waals surface area contributed by atoms with E-state index in [0.29, 0.717) is 5.56 Å². The Morgan fingerprint density at radius 2 is 1.35 bits per heavy atom. The fourth-order valence-corrected chi connectivity index (χ4v) is 2.45. The lowest BCUT2D eigenvalue weighted by molar-refractivity contribution is 0.0729. The summed E-state index contributed by atoms with van der Waals surface area (Å²) in [6, 6.07) is 13.3. The molecular formula is C21H15F3O2. The van der Waals surface area contributed by atoms with E-state index in [-0.39, 0.29) is 16.9 Å². The molecule has 0 spiro atoms. The van der Waals surface area contributed by atoms with Gasteiger partial charge >= 0.3 is 5.97 Å². The number of aryl methyl sites for hydroxylation is 1. The van der Waals surface area contributed by atoms with Gasteiger partial charge in [-0.05, 0) is 37.1 Å². The molecule has 0 saturated heterocycles. The Balaban J connectivity index is 1.85. The van der Waals surface area contributed by atoms with Gasteiger partial charge < -0.3 is 4.74 Å². The van der Waals surface area contributed by atoms with Crippen LogP contribution in [-0.4, -0.2) is 5.97 Å². The smallest absolute Gasteiger partial charge is 0.346 e. The highest BCUT2D eigenvalue weighted by molar-refractivity contribution is 5.92. The van der Waals surface area contributed by atoms with Crippen LogP contribution in [0.15, 0.2) is 54.6 Å². The topological polar surface area (TPSA) is 26.3 Å². The third kappa shape index (κ3) is 3.61. The molecule has 0 heterocycles. The van der Waals surface area contributed by atoms with Gasteiger partial charge in [0.1, 0.15) is 23.2 Å². The summed E-state index contributed by atoms with van der Waals surface area (Å²) in [4.78, 5) is 12.1. The molecule has 0 aliphatic rings. The van der Waals surface area contributed by atoms with Crippen molar-refractivity contribution in [2.75, 3.05) is 0 Å². The van der Waals surface area contributed by atoms with Crippen molar-refractivity contribution < 1.29 is 22.7 Å². The molecule has 0 N–H and O–H groups in total. The normalized spacial score (nSPS) is 10.7. The van der Waals surface area contributed by atoms with E-state index in [2.05, 4.69) is 0 Å². The lowest BCUT2D eigenvalue weighted by Crippen LogP contribution is -2.11. The Kier molecular flexibility index (Phi) is 4.80. The zero-order valence-electron chi connectivity index (χ0n) is 14.1. The predicted molar refractivity (Wildman–Crippen MR) is 92.6 cm³/mol. The van der Waals surface area contributed by atoms with E-state index in [9.17, 15) is 18.0 Å². The second-order valence-corrected chi connectivity index (χ2v) is 5.96. The molecule has 0 aliphatic carbocycles. The van der Waals surface area contributed by atoms with Crippen LogP contribution in [0.1, 0.15) is 21.5 Å². The molecular weight excluding hydrogens is 341 g/mol. The van der Waals surface area contributed by atoms with Crippen LogP contribution in [0, 0.1) is 31.3 Å². The maximum Gasteiger partial charge on any atom is 0.346 e. The van der Waals surface area contributed by atoms with E-state index < -0.39 is 23.4 Å². The van der Waals surface area contributed by atoms with Crippen molar-refractivity contribution in [3.63, 3.8) is 0 Å². The third-order valence-corrected chi connectivity index (χ3v) is 4.04. The monoisotopic (exact) mass is 356 g/mol. The average molecular weight is 356 g/mol. The molecule has 0 fully saturated rings. The number of benzene rings is 3. The Morgan fingerprint density at radius 1 is 0.769 bits per heavy atom. The fraction of sp³-hybridized carbons (Fsp3) is 0.0952. The molecule has 3 aromatic carbocycles. The number of ether oxygens (including phenoxy) is 1. The molecule has 0 atom stereocenters. The number of hydrogen-bond donors (Lipinski definition) is 0. The first-order chi connectivity index (χ1) is 12.3. The molecule has 26 heavy (non-hydrogen) atoms. The van der Waals surface area contributed by atoms with Crippen molar-refractivity contribution in [2.45, 2.75) is 13.8 Å². The molecule has 0 unspecified atom stereocenters. The van der Waals surface area contributed by atoms with Gasteiger partial charge in [-0.3, -0.25) is 0 Å². The van der Waals surface area contributed by atoms with Gasteiger partial charge in [0.05, 0.1) is 5.56 Å². The molecule has 0 amide bonds. The molecule has 3 rings (SSSR count). The number of esters is 1. The third-order valence-electron chi connectivity index (χ3n) is 4.04. The number of carbonyl (C=O) groups is 1. The highest BCUT2D eigenvalue weighted by Crippen LogP contribution is 2.24. The highest BCUT2D eigenvalue weighted by atomic mass is 19.1. The molecule has 3 aromatic rings. The number of halogens is 3. The van der Waals surface area contributed by atoms with Gasteiger partial charge in [-0.25, -0.2) is 18.0 Å². The van der Waals surface area contributed by atoms with Gasteiger partial charge in [-0.1, -0.05) is 35.9 Å². The van der Waals surface area contributed by atoms with Gasteiger partial charge in [0.25, 0.3) is 0 Å². The van der Waals surface area contributed by atoms with Crippen LogP contribution in [0.3, 0.4) is 0 Å². The standard InChI is InChI=1S/C21H15F3O2/c1-12-3-5-14(6-4-12)15-7-8-17(20(24)9-15)21(25)26-16-10-18(22)13(2)19(23)11-16/h3-11H,1-2H3. The van der Waals surface area contributed by atoms with E-state index in [4.69, 9.17) is 4.74 Å². The minimum atomic E-state index is -1.03. The van der Waals surface area contributed by atoms with Crippen molar-refractivity contribution in [1.29, 1.82) is 0 Å². The van der Waals surface area contributed by atoms with Gasteiger partial charge in [0.15, 0.2) is 0 Å². The summed E-state index contributed by atoms with van der Waals surface area (Å²) < 4.78 is 46.3. The van der Waals surface area contributed by atoms with Gasteiger partial charge in [-0.2, -0.15) is 0 Å². The molecule has 2 nitrogen and oxygen atoms in total. The maximum atomic E-state index is 14.3. The zero-order valence-corrected chi connectivity index (χ0v) is 14.1. The number of hydrogen-bond acceptors (Lipinski definition) is 2. The molecule has 0 radical (unpaired) electrons. The van der Waals surface area contributed by atoms with Crippen LogP contribution < -0.4 is 4.74 Å². The van der Waals surface area contributed by atoms with Gasteiger partial charge in [0, 0.05) is 17.7 Å². The SMILES string of the molecule is Cc1ccc(-c2ccc(C(=O)Oc3cc(F)c(C)c(F)c3)c(F)c2)cc1. The second-order valence-electron chi connectivity index (χ2n) is 5.96. The molecule has 132 valence electrons. The first-order valence-corrected chi connectivity index (χ1v) is 7.89. The average Bonchev–Trinajstić information content (AvgIpc) is 2.60. The van der Waals surface area contributed by atoms with E-state index in [1.807, 2.05) is 31.2 Å². The van der Waals surface area contributed by atoms with Crippen LogP contribution in [-0.2, 0) is 0 Å². The molecule has 0 aliphatic heterocycles. The van der Waals surface area contributed by atoms with E-state index in [1.165, 1.54) is 19.1 Å². The van der Waals surface area contributed by atoms with Crippen LogP contribution in [0.4, 0.5) is 13.2 Å². The van der Waals surface area contributed by atoms with Crippen LogP contribution in [0.25, 0.3) is 11.1 Å². The van der Waals surface area contributed by atoms with Crippen molar-refractivity contribution in [1.82, 2.24) is 0 Å². The number of rotatable bonds is 3. The van der Waals surface area contributed by atoms with Crippen molar-refractivity contribution >= 4 is 5.97 Å². The largest absolute Gasteiger partial charge is 0.423 e.